The van der Waals surface area contributed by atoms with E-state index in [-0.39, 0.29) is 17.4 Å². The Kier molecular flexibility index (Phi) is 3.43. The largest absolute Gasteiger partial charge is 0.393 e. The first-order chi connectivity index (χ1) is 5.70. The molecule has 2 atom stereocenters. The monoisotopic (exact) mass is 175 g/mol. The van der Waals surface area contributed by atoms with E-state index >= 15 is 0 Å². The highest BCUT2D eigenvalue weighted by molar-refractivity contribution is 4.71. The average Bonchev–Trinajstić information content (AvgIpc) is 2.03. The quantitative estimate of drug-likeness (QED) is 0.486. The third-order valence-corrected chi connectivity index (χ3v) is 2.12. The number of nitrogens with zero attached hydrogens (tertiary/aromatic N) is 1. The SMILES string of the molecule is O=[N+]([O-])CC[C@@H]1COCC[C@@H]1O. The predicted molar refractivity (Wildman–Crippen MR) is 41.4 cm³/mol. The summed E-state index contributed by atoms with van der Waals surface area (Å²) in [6.07, 6.45) is 0.593. The van der Waals surface area contributed by atoms with Crippen molar-refractivity contribution >= 4 is 0 Å². The van der Waals surface area contributed by atoms with Crippen LogP contribution >= 0.6 is 0 Å². The Morgan fingerprint density at radius 2 is 2.42 bits per heavy atom. The highest BCUT2D eigenvalue weighted by atomic mass is 16.6. The first kappa shape index (κ1) is 9.41. The summed E-state index contributed by atoms with van der Waals surface area (Å²) in [5.74, 6) is -0.0517. The second-order valence-electron chi connectivity index (χ2n) is 3.04. The molecule has 70 valence electrons. The standard InChI is InChI=1S/C7H13NO4/c9-7-2-4-12-5-6(7)1-3-8(10)11/h6-7,9H,1-5H2/t6-,7+/m1/s1. The molecule has 0 aromatic carbocycles. The zero-order valence-corrected chi connectivity index (χ0v) is 6.81. The maximum atomic E-state index is 10.0. The van der Waals surface area contributed by atoms with Crippen LogP contribution in [0.4, 0.5) is 0 Å². The molecule has 1 heterocycles. The van der Waals surface area contributed by atoms with E-state index in [1.165, 1.54) is 0 Å². The molecule has 1 aliphatic heterocycles. The van der Waals surface area contributed by atoms with E-state index in [0.29, 0.717) is 26.1 Å². The Morgan fingerprint density at radius 1 is 1.67 bits per heavy atom. The smallest absolute Gasteiger partial charge is 0.204 e. The maximum absolute atomic E-state index is 10.0. The van der Waals surface area contributed by atoms with Crippen molar-refractivity contribution in [2.24, 2.45) is 5.92 Å². The molecule has 12 heavy (non-hydrogen) atoms. The van der Waals surface area contributed by atoms with Gasteiger partial charge >= 0.3 is 0 Å². The molecule has 0 aromatic rings. The van der Waals surface area contributed by atoms with Gasteiger partial charge in [-0.2, -0.15) is 0 Å². The second-order valence-corrected chi connectivity index (χ2v) is 3.04. The van der Waals surface area contributed by atoms with Crippen molar-refractivity contribution in [2.75, 3.05) is 19.8 Å². The van der Waals surface area contributed by atoms with Gasteiger partial charge in [0.25, 0.3) is 0 Å². The van der Waals surface area contributed by atoms with E-state index in [2.05, 4.69) is 0 Å². The topological polar surface area (TPSA) is 72.6 Å². The summed E-state index contributed by atoms with van der Waals surface area (Å²) >= 11 is 0. The Morgan fingerprint density at radius 3 is 3.00 bits per heavy atom. The number of nitro groups is 1. The first-order valence-corrected chi connectivity index (χ1v) is 4.08. The molecular formula is C7H13NO4. The molecule has 0 aromatic heterocycles. The fraction of sp³-hybridized carbons (Fsp3) is 1.00. The number of aliphatic hydroxyl groups is 1. The molecule has 1 aliphatic rings. The van der Waals surface area contributed by atoms with Gasteiger partial charge in [-0.05, 0) is 6.42 Å². The fourth-order valence-corrected chi connectivity index (χ4v) is 1.33. The summed E-state index contributed by atoms with van der Waals surface area (Å²) in [4.78, 5) is 9.67. The van der Waals surface area contributed by atoms with Gasteiger partial charge in [0.2, 0.25) is 6.54 Å². The highest BCUT2D eigenvalue weighted by Crippen LogP contribution is 2.17. The lowest BCUT2D eigenvalue weighted by Crippen LogP contribution is -2.33. The molecule has 1 rings (SSSR count). The third-order valence-electron chi connectivity index (χ3n) is 2.12. The molecule has 0 saturated carbocycles. The number of rotatable bonds is 3. The molecular weight excluding hydrogens is 162 g/mol. The molecule has 5 nitrogen and oxygen atoms in total. The van der Waals surface area contributed by atoms with E-state index in [0.717, 1.165) is 0 Å². The highest BCUT2D eigenvalue weighted by Gasteiger charge is 2.24. The summed E-state index contributed by atoms with van der Waals surface area (Å²) in [7, 11) is 0. The van der Waals surface area contributed by atoms with Gasteiger partial charge in [-0.25, -0.2) is 0 Å². The zero-order chi connectivity index (χ0) is 8.97. The Bertz CT molecular complexity index is 161. The molecule has 1 saturated heterocycles. The summed E-state index contributed by atoms with van der Waals surface area (Å²) in [6, 6.07) is 0. The molecule has 0 radical (unpaired) electrons. The van der Waals surface area contributed by atoms with Gasteiger partial charge in [-0.1, -0.05) is 0 Å². The van der Waals surface area contributed by atoms with Crippen LogP contribution < -0.4 is 0 Å². The predicted octanol–water partition coefficient (Wildman–Crippen LogP) is 0.0506. The molecule has 1 N–H and O–H groups in total. The summed E-state index contributed by atoms with van der Waals surface area (Å²) < 4.78 is 5.10. The minimum Gasteiger partial charge on any atom is -0.393 e. The van der Waals surface area contributed by atoms with Gasteiger partial charge in [0.15, 0.2) is 0 Å². The van der Waals surface area contributed by atoms with Crippen LogP contribution in [0, 0.1) is 16.0 Å². The van der Waals surface area contributed by atoms with E-state index < -0.39 is 6.10 Å². The lowest BCUT2D eigenvalue weighted by Gasteiger charge is -2.26. The van der Waals surface area contributed by atoms with E-state index in [1.54, 1.807) is 0 Å². The van der Waals surface area contributed by atoms with E-state index in [1.807, 2.05) is 0 Å². The number of aliphatic hydroxyl groups excluding tert-OH is 1. The van der Waals surface area contributed by atoms with Crippen LogP contribution in [-0.4, -0.2) is 35.9 Å². The van der Waals surface area contributed by atoms with Crippen LogP contribution in [0.2, 0.25) is 0 Å². The molecule has 0 unspecified atom stereocenters. The minimum absolute atomic E-state index is 0.0517. The summed E-state index contributed by atoms with van der Waals surface area (Å²) in [6.45, 7) is 0.941. The maximum Gasteiger partial charge on any atom is 0.204 e. The van der Waals surface area contributed by atoms with Gasteiger partial charge in [-0.3, -0.25) is 10.1 Å². The van der Waals surface area contributed by atoms with E-state index in [4.69, 9.17) is 4.74 Å². The van der Waals surface area contributed by atoms with Gasteiger partial charge in [0.1, 0.15) is 0 Å². The van der Waals surface area contributed by atoms with Gasteiger partial charge in [0, 0.05) is 23.9 Å². The van der Waals surface area contributed by atoms with Crippen LogP contribution in [0.25, 0.3) is 0 Å². The van der Waals surface area contributed by atoms with Crippen LogP contribution in [-0.2, 0) is 4.74 Å². The van der Waals surface area contributed by atoms with Gasteiger partial charge in [-0.15, -0.1) is 0 Å². The van der Waals surface area contributed by atoms with Crippen molar-refractivity contribution in [2.45, 2.75) is 18.9 Å². The Hall–Kier alpha value is -0.680. The number of hydrogen-bond donors (Lipinski definition) is 1. The van der Waals surface area contributed by atoms with Crippen molar-refractivity contribution in [3.8, 4) is 0 Å². The molecule has 1 fully saturated rings. The Labute approximate surface area is 70.5 Å². The third kappa shape index (κ3) is 2.75. The first-order valence-electron chi connectivity index (χ1n) is 4.08. The van der Waals surface area contributed by atoms with Crippen molar-refractivity contribution in [3.63, 3.8) is 0 Å². The fourth-order valence-electron chi connectivity index (χ4n) is 1.33. The van der Waals surface area contributed by atoms with Crippen molar-refractivity contribution in [1.82, 2.24) is 0 Å². The normalized spacial score (nSPS) is 30.1. The van der Waals surface area contributed by atoms with Crippen LogP contribution in [0.5, 0.6) is 0 Å². The van der Waals surface area contributed by atoms with Crippen LogP contribution in [0.3, 0.4) is 0 Å². The number of ether oxygens (including phenoxy) is 1. The number of hydrogen-bond acceptors (Lipinski definition) is 4. The van der Waals surface area contributed by atoms with Gasteiger partial charge < -0.3 is 9.84 Å². The molecule has 0 amide bonds. The second kappa shape index (κ2) is 4.37. The Balaban J connectivity index is 2.24. The molecule has 5 heteroatoms. The molecule has 0 bridgehead atoms. The minimum atomic E-state index is -0.418. The van der Waals surface area contributed by atoms with Crippen molar-refractivity contribution in [1.29, 1.82) is 0 Å². The summed E-state index contributed by atoms with van der Waals surface area (Å²) in [5.41, 5.74) is 0. The van der Waals surface area contributed by atoms with Crippen LogP contribution in [0.1, 0.15) is 12.8 Å². The van der Waals surface area contributed by atoms with E-state index in [9.17, 15) is 15.2 Å². The van der Waals surface area contributed by atoms with Crippen LogP contribution in [0.15, 0.2) is 0 Å². The molecule has 0 aliphatic carbocycles. The lowest BCUT2D eigenvalue weighted by atomic mass is 9.95. The average molecular weight is 175 g/mol. The lowest BCUT2D eigenvalue weighted by molar-refractivity contribution is -0.482. The van der Waals surface area contributed by atoms with Crippen molar-refractivity contribution < 1.29 is 14.8 Å². The zero-order valence-electron chi connectivity index (χ0n) is 6.81. The summed E-state index contributed by atoms with van der Waals surface area (Å²) in [5, 5.41) is 19.4. The van der Waals surface area contributed by atoms with Gasteiger partial charge in [0.05, 0.1) is 12.7 Å². The van der Waals surface area contributed by atoms with Crippen molar-refractivity contribution in [3.05, 3.63) is 10.1 Å². The molecule has 0 spiro atoms.